The number of carbonyl (C=O) groups excluding carboxylic acids is 2. The molecular weight excluding hydrogens is 348 g/mol. The lowest BCUT2D eigenvalue weighted by Gasteiger charge is -2.04. The predicted octanol–water partition coefficient (Wildman–Crippen LogP) is 3.09. The molecule has 6 nitrogen and oxygen atoms in total. The number of hydrogen-bond donors (Lipinski definition) is 2. The molecule has 1 aromatic carbocycles. The van der Waals surface area contributed by atoms with Gasteiger partial charge >= 0.3 is 0 Å². The third kappa shape index (κ3) is 3.16. The third-order valence-corrected chi connectivity index (χ3v) is 4.81. The van der Waals surface area contributed by atoms with Crippen LogP contribution in [0.1, 0.15) is 10.4 Å². The van der Waals surface area contributed by atoms with E-state index in [2.05, 4.69) is 15.4 Å². The molecule has 1 amide bonds. The molecule has 130 valence electrons. The summed E-state index contributed by atoms with van der Waals surface area (Å²) in [6.45, 7) is 0.828. The highest BCUT2D eigenvalue weighted by Gasteiger charge is 2.19. The molecule has 0 radical (unpaired) electrons. The molecule has 0 saturated carbocycles. The molecular formula is C19H16N4O2S. The Bertz CT molecular complexity index is 1060. The van der Waals surface area contributed by atoms with Crippen LogP contribution in [-0.4, -0.2) is 33.0 Å². The second-order valence-electron chi connectivity index (χ2n) is 5.81. The Morgan fingerprint density at radius 3 is 2.92 bits per heavy atom. The molecule has 7 heteroatoms. The Morgan fingerprint density at radius 1 is 1.19 bits per heavy atom. The third-order valence-electron chi connectivity index (χ3n) is 4.12. The van der Waals surface area contributed by atoms with Gasteiger partial charge in [0.05, 0.1) is 17.8 Å². The van der Waals surface area contributed by atoms with Gasteiger partial charge < -0.3 is 10.3 Å². The van der Waals surface area contributed by atoms with Crippen LogP contribution < -0.4 is 5.32 Å². The van der Waals surface area contributed by atoms with Gasteiger partial charge in [-0.1, -0.05) is 18.2 Å². The largest absolute Gasteiger partial charge is 0.360 e. The Kier molecular flexibility index (Phi) is 4.37. The van der Waals surface area contributed by atoms with Crippen LogP contribution in [0.5, 0.6) is 0 Å². The summed E-state index contributed by atoms with van der Waals surface area (Å²) in [5.74, 6) is -1.15. The first-order chi connectivity index (χ1) is 12.7. The van der Waals surface area contributed by atoms with Gasteiger partial charge in [-0.3, -0.25) is 14.3 Å². The molecule has 0 bridgehead atoms. The first-order valence-electron chi connectivity index (χ1n) is 8.17. The average molecular weight is 364 g/mol. The number of carbonyl (C=O) groups is 2. The minimum absolute atomic E-state index is 0.331. The van der Waals surface area contributed by atoms with E-state index in [-0.39, 0.29) is 0 Å². The molecule has 0 saturated heterocycles. The molecule has 3 heterocycles. The zero-order valence-electron chi connectivity index (χ0n) is 13.8. The zero-order chi connectivity index (χ0) is 17.9. The van der Waals surface area contributed by atoms with Gasteiger partial charge in [0.25, 0.3) is 11.7 Å². The maximum absolute atomic E-state index is 12.4. The predicted molar refractivity (Wildman–Crippen MR) is 101 cm³/mol. The molecule has 0 atom stereocenters. The Morgan fingerprint density at radius 2 is 2.08 bits per heavy atom. The van der Waals surface area contributed by atoms with Gasteiger partial charge in [-0.15, -0.1) is 0 Å². The summed E-state index contributed by atoms with van der Waals surface area (Å²) in [6, 6.07) is 11.4. The molecule has 3 aromatic heterocycles. The number of nitrogens with zero attached hydrogens (tertiary/aromatic N) is 2. The van der Waals surface area contributed by atoms with Crippen molar-refractivity contribution in [3.05, 3.63) is 65.1 Å². The number of ketones is 1. The number of fused-ring (bicyclic) bond motifs is 1. The van der Waals surface area contributed by atoms with Crippen molar-refractivity contribution in [3.63, 3.8) is 0 Å². The summed E-state index contributed by atoms with van der Waals surface area (Å²) < 4.78 is 1.75. The highest BCUT2D eigenvalue weighted by atomic mass is 32.1. The van der Waals surface area contributed by atoms with E-state index in [1.165, 1.54) is 0 Å². The number of Topliss-reactive ketones (excluding diaryl/α,β-unsaturated/α-hetero) is 1. The number of amides is 1. The van der Waals surface area contributed by atoms with Crippen molar-refractivity contribution < 1.29 is 9.59 Å². The summed E-state index contributed by atoms with van der Waals surface area (Å²) in [4.78, 5) is 27.5. The second-order valence-corrected chi connectivity index (χ2v) is 6.59. The van der Waals surface area contributed by atoms with Crippen LogP contribution >= 0.6 is 11.3 Å². The summed E-state index contributed by atoms with van der Waals surface area (Å²) in [7, 11) is 0. The number of aromatic amines is 1. The highest BCUT2D eigenvalue weighted by molar-refractivity contribution is 7.08. The van der Waals surface area contributed by atoms with Crippen LogP contribution in [0, 0.1) is 0 Å². The molecule has 0 fully saturated rings. The fraction of sp³-hybridized carbons (Fsp3) is 0.105. The van der Waals surface area contributed by atoms with Crippen molar-refractivity contribution >= 4 is 33.9 Å². The van der Waals surface area contributed by atoms with Crippen molar-refractivity contribution in [3.8, 4) is 11.3 Å². The van der Waals surface area contributed by atoms with E-state index < -0.39 is 11.7 Å². The smallest absolute Gasteiger partial charge is 0.292 e. The summed E-state index contributed by atoms with van der Waals surface area (Å²) in [6.07, 6.45) is 3.44. The van der Waals surface area contributed by atoms with E-state index in [0.29, 0.717) is 18.7 Å². The lowest BCUT2D eigenvalue weighted by molar-refractivity contribution is -0.117. The van der Waals surface area contributed by atoms with Crippen molar-refractivity contribution in [2.45, 2.75) is 6.54 Å². The van der Waals surface area contributed by atoms with Gasteiger partial charge in [-0.25, -0.2) is 0 Å². The molecule has 4 rings (SSSR count). The molecule has 0 spiro atoms. The minimum Gasteiger partial charge on any atom is -0.360 e. The Balaban J connectivity index is 1.36. The lowest BCUT2D eigenvalue weighted by atomic mass is 10.1. The second kappa shape index (κ2) is 6.97. The number of rotatable bonds is 6. The van der Waals surface area contributed by atoms with Crippen molar-refractivity contribution in [1.29, 1.82) is 0 Å². The van der Waals surface area contributed by atoms with Gasteiger partial charge in [0.15, 0.2) is 0 Å². The Labute approximate surface area is 153 Å². The molecule has 26 heavy (non-hydrogen) atoms. The number of H-pyrrole nitrogens is 1. The van der Waals surface area contributed by atoms with Crippen LogP contribution in [0.2, 0.25) is 0 Å². The van der Waals surface area contributed by atoms with E-state index in [0.717, 1.165) is 22.2 Å². The van der Waals surface area contributed by atoms with Gasteiger partial charge in [0.2, 0.25) is 0 Å². The van der Waals surface area contributed by atoms with E-state index in [1.54, 1.807) is 22.2 Å². The summed E-state index contributed by atoms with van der Waals surface area (Å²) in [5.41, 5.74) is 3.19. The maximum atomic E-state index is 12.4. The van der Waals surface area contributed by atoms with E-state index in [4.69, 9.17) is 0 Å². The summed E-state index contributed by atoms with van der Waals surface area (Å²) in [5, 5.41) is 11.9. The quantitative estimate of drug-likeness (QED) is 0.408. The minimum atomic E-state index is -0.611. The molecule has 0 unspecified atom stereocenters. The normalized spacial score (nSPS) is 10.9. The van der Waals surface area contributed by atoms with E-state index in [1.807, 2.05) is 53.4 Å². The number of benzene rings is 1. The van der Waals surface area contributed by atoms with Crippen LogP contribution in [0.4, 0.5) is 0 Å². The molecule has 2 N–H and O–H groups in total. The van der Waals surface area contributed by atoms with Crippen molar-refractivity contribution in [2.24, 2.45) is 0 Å². The van der Waals surface area contributed by atoms with Gasteiger partial charge in [-0.2, -0.15) is 16.4 Å². The van der Waals surface area contributed by atoms with Gasteiger partial charge in [0.1, 0.15) is 0 Å². The first-order valence-corrected chi connectivity index (χ1v) is 9.11. The average Bonchev–Trinajstić information content (AvgIpc) is 3.40. The fourth-order valence-corrected chi connectivity index (χ4v) is 3.45. The maximum Gasteiger partial charge on any atom is 0.292 e. The lowest BCUT2D eigenvalue weighted by Crippen LogP contribution is -2.33. The van der Waals surface area contributed by atoms with Crippen LogP contribution in [0.15, 0.2) is 59.6 Å². The van der Waals surface area contributed by atoms with Crippen LogP contribution in [0.25, 0.3) is 22.2 Å². The summed E-state index contributed by atoms with van der Waals surface area (Å²) >= 11 is 1.62. The number of thiophene rings is 1. The SMILES string of the molecule is O=C(NCCn1ccc(-c2ccsc2)n1)C(=O)c1c[nH]c2ccccc12. The monoisotopic (exact) mass is 364 g/mol. The van der Waals surface area contributed by atoms with Gasteiger partial charge in [-0.05, 0) is 23.6 Å². The fourth-order valence-electron chi connectivity index (χ4n) is 2.80. The molecule has 0 aliphatic heterocycles. The van der Waals surface area contributed by atoms with Crippen molar-refractivity contribution in [2.75, 3.05) is 6.54 Å². The number of hydrogen-bond acceptors (Lipinski definition) is 4. The number of nitrogens with one attached hydrogen (secondary N) is 2. The standard InChI is InChI=1S/C19H16N4O2S/c24-18(15-11-21-17-4-2-1-3-14(15)17)19(25)20-7-9-23-8-5-16(22-23)13-6-10-26-12-13/h1-6,8,10-12,21H,7,9H2,(H,20,25). The first kappa shape index (κ1) is 16.3. The molecule has 0 aliphatic carbocycles. The molecule has 4 aromatic rings. The topological polar surface area (TPSA) is 79.8 Å². The highest BCUT2D eigenvalue weighted by Crippen LogP contribution is 2.20. The van der Waals surface area contributed by atoms with Crippen LogP contribution in [-0.2, 0) is 11.3 Å². The zero-order valence-corrected chi connectivity index (χ0v) is 14.6. The van der Waals surface area contributed by atoms with E-state index in [9.17, 15) is 9.59 Å². The van der Waals surface area contributed by atoms with Crippen molar-refractivity contribution in [1.82, 2.24) is 20.1 Å². The Hall–Kier alpha value is -3.19. The number of aromatic nitrogens is 3. The van der Waals surface area contributed by atoms with Crippen LogP contribution in [0.3, 0.4) is 0 Å². The van der Waals surface area contributed by atoms with Gasteiger partial charge in [0, 0.05) is 40.8 Å². The molecule has 0 aliphatic rings. The van der Waals surface area contributed by atoms with E-state index >= 15 is 0 Å². The number of para-hydroxylation sites is 1.